The molecule has 5 aliphatic heterocycles. The predicted molar refractivity (Wildman–Crippen MR) is 171 cm³/mol. The van der Waals surface area contributed by atoms with E-state index in [9.17, 15) is 18.2 Å². The quantitative estimate of drug-likeness (QED) is 0.157. The molecule has 7 atom stereocenters. The molecule has 262 valence electrons. The number of Topliss-reactive ketones (excluding diaryl/α,β-unsaturated/α-hetero) is 1. The summed E-state index contributed by atoms with van der Waals surface area (Å²) in [5, 5.41) is 0.750. The van der Waals surface area contributed by atoms with Crippen LogP contribution in [-0.4, -0.2) is 88.1 Å². The van der Waals surface area contributed by atoms with E-state index in [1.54, 1.807) is 24.3 Å². The third-order valence-electron chi connectivity index (χ3n) is 10.5. The molecule has 9 rings (SSSR count). The summed E-state index contributed by atoms with van der Waals surface area (Å²) in [6.45, 7) is 5.21. The monoisotopic (exact) mass is 754 g/mol. The number of hydrogen-bond donors (Lipinski definition) is 0. The van der Waals surface area contributed by atoms with Crippen molar-refractivity contribution >= 4 is 46.8 Å². The first-order valence-corrected chi connectivity index (χ1v) is 19.1. The summed E-state index contributed by atoms with van der Waals surface area (Å²) in [7, 11) is 1.50. The Balaban J connectivity index is 1.29. The van der Waals surface area contributed by atoms with Gasteiger partial charge in [0.25, 0.3) is 0 Å². The van der Waals surface area contributed by atoms with Gasteiger partial charge < -0.3 is 0 Å². The third kappa shape index (κ3) is 4.09. The van der Waals surface area contributed by atoms with Gasteiger partial charge in [-0.25, -0.2) is 0 Å². The minimum atomic E-state index is -2.89. The number of methoxy groups -OCH3 is 1. The van der Waals surface area contributed by atoms with Crippen molar-refractivity contribution in [3.8, 4) is 17.2 Å². The molecule has 13 nitrogen and oxygen atoms in total. The van der Waals surface area contributed by atoms with E-state index in [-0.39, 0.29) is 29.1 Å². The zero-order valence-electron chi connectivity index (χ0n) is 27.7. The maximum absolute atomic E-state index is 14.6. The van der Waals surface area contributed by atoms with Crippen molar-refractivity contribution in [2.75, 3.05) is 26.9 Å². The molecule has 2 bridgehead atoms. The van der Waals surface area contributed by atoms with Crippen LogP contribution in [0.15, 0.2) is 36.4 Å². The Kier molecular flexibility index (Phi) is 7.16. The zero-order valence-corrected chi connectivity index (χ0v) is 29.4. The van der Waals surface area contributed by atoms with E-state index in [0.29, 0.717) is 59.2 Å². The van der Waals surface area contributed by atoms with Crippen LogP contribution in [0.4, 0.5) is 0 Å². The van der Waals surface area contributed by atoms with E-state index in [0.717, 1.165) is 5.56 Å². The molecule has 5 heterocycles. The van der Waals surface area contributed by atoms with Crippen LogP contribution in [0.2, 0.25) is 4.82 Å². The summed E-state index contributed by atoms with van der Waals surface area (Å²) >= 11 is -2.89. The van der Waals surface area contributed by atoms with Crippen molar-refractivity contribution in [3.63, 3.8) is 0 Å². The van der Waals surface area contributed by atoms with Gasteiger partial charge in [-0.3, -0.25) is 0 Å². The Morgan fingerprint density at radius 2 is 1.76 bits per heavy atom. The summed E-state index contributed by atoms with van der Waals surface area (Å²) in [5.41, 5.74) is 0.434. The molecule has 3 aromatic rings. The van der Waals surface area contributed by atoms with Crippen LogP contribution < -0.4 is 18.7 Å². The van der Waals surface area contributed by atoms with Crippen molar-refractivity contribution < 1.29 is 60.9 Å². The molecule has 14 heteroatoms. The second kappa shape index (κ2) is 11.1. The topological polar surface area (TPSA) is 155 Å². The first-order valence-electron chi connectivity index (χ1n) is 16.6. The molecule has 5 unspecified atom stereocenters. The summed E-state index contributed by atoms with van der Waals surface area (Å²) in [4.78, 5) is 39.5. The number of hydrogen-bond acceptors (Lipinski definition) is 13. The van der Waals surface area contributed by atoms with Crippen LogP contribution in [0.1, 0.15) is 59.8 Å². The summed E-state index contributed by atoms with van der Waals surface area (Å²) < 4.78 is 71.1. The Hall–Kier alpha value is -3.75. The second-order valence-electron chi connectivity index (χ2n) is 13.3. The number of carbonyl (C=O) groups is 3. The Bertz CT molecular complexity index is 2020. The first kappa shape index (κ1) is 32.2. The summed E-state index contributed by atoms with van der Waals surface area (Å²) in [6.07, 6.45) is -1.51. The van der Waals surface area contributed by atoms with E-state index in [4.69, 9.17) is 42.6 Å². The van der Waals surface area contributed by atoms with E-state index in [1.165, 1.54) is 21.0 Å². The number of carbonyl (C=O) groups excluding carboxylic acids is 3. The van der Waals surface area contributed by atoms with Crippen molar-refractivity contribution in [2.24, 2.45) is 0 Å². The van der Waals surface area contributed by atoms with E-state index < -0.39 is 72.0 Å². The molecule has 0 N–H and O–H groups in total. The van der Waals surface area contributed by atoms with Gasteiger partial charge in [0, 0.05) is 0 Å². The van der Waals surface area contributed by atoms with Gasteiger partial charge >= 0.3 is 271 Å². The molecule has 0 aromatic heterocycles. The van der Waals surface area contributed by atoms with Gasteiger partial charge in [0.15, 0.2) is 0 Å². The molecule has 0 radical (unpaired) electrons. The van der Waals surface area contributed by atoms with Gasteiger partial charge in [0.05, 0.1) is 13.2 Å². The number of fused-ring (bicyclic) bond motifs is 8. The third-order valence-corrected chi connectivity index (χ3v) is 14.0. The molecule has 4 saturated heterocycles. The van der Waals surface area contributed by atoms with Crippen LogP contribution in [0.3, 0.4) is 0 Å². The Labute approximate surface area is 290 Å². The van der Waals surface area contributed by atoms with Crippen molar-refractivity contribution in [2.45, 2.75) is 80.5 Å². The second-order valence-corrected chi connectivity index (χ2v) is 16.8. The zero-order chi connectivity index (χ0) is 34.7. The molecule has 50 heavy (non-hydrogen) atoms. The average Bonchev–Trinajstić information content (AvgIpc) is 3.77. The van der Waals surface area contributed by atoms with Crippen LogP contribution in [-0.2, 0) is 48.3 Å². The Morgan fingerprint density at radius 1 is 1.02 bits per heavy atom. The van der Waals surface area contributed by atoms with Crippen LogP contribution in [0.25, 0.3) is 10.8 Å². The normalized spacial score (nSPS) is 32.6. The number of ketones is 1. The van der Waals surface area contributed by atoms with Gasteiger partial charge in [-0.15, -0.1) is 0 Å². The summed E-state index contributed by atoms with van der Waals surface area (Å²) in [6, 6.07) is 10.8. The SMILES string of the molecule is COc1c2c(c(OC(C)=O)c3c4c(c(C)cc13)C1OC3(C5OCCCO5)OC1[C@@](OC(C)=O)(O4)[C@@]31CO1)C(=O)C([Se](=O)c1ccccc1)CC2. The van der Waals surface area contributed by atoms with Crippen molar-refractivity contribution in [1.29, 1.82) is 0 Å². The number of esters is 2. The van der Waals surface area contributed by atoms with Crippen LogP contribution in [0, 0.1) is 6.92 Å². The number of epoxide rings is 1. The van der Waals surface area contributed by atoms with Crippen LogP contribution >= 0.6 is 0 Å². The van der Waals surface area contributed by atoms with Gasteiger partial charge in [0.2, 0.25) is 0 Å². The minimum absolute atomic E-state index is 0.0377. The summed E-state index contributed by atoms with van der Waals surface area (Å²) in [5.74, 6) is -4.75. The fourth-order valence-corrected chi connectivity index (χ4v) is 11.4. The van der Waals surface area contributed by atoms with Gasteiger partial charge in [-0.2, -0.15) is 0 Å². The molecule has 6 aliphatic rings. The standard InChI is InChI=1S/C36H34O13Se/c1-17-15-22-26(29(45-18(2)37)25-21(28(22)41-4)11-12-23(27(25)39)50(40)20-9-6-5-7-10-20)30-24(17)31-32-35(47-30,46-19(3)38)34(16-44-34)36(48-31,49-32)33-42-13-8-14-43-33/h5-7,9-10,15,23,31-33H,8,11-14,16H2,1-4H3/t23?,31?,32?,34-,35+,36?,50?/m0/s1. The molecular formula is C36H34O13Se. The van der Waals surface area contributed by atoms with Crippen LogP contribution in [0.5, 0.6) is 17.2 Å². The van der Waals surface area contributed by atoms with Crippen molar-refractivity contribution in [1.82, 2.24) is 0 Å². The molecule has 1 spiro atoms. The van der Waals surface area contributed by atoms with Gasteiger partial charge in [0.1, 0.15) is 0 Å². The van der Waals surface area contributed by atoms with E-state index in [1.807, 2.05) is 19.1 Å². The van der Waals surface area contributed by atoms with E-state index in [2.05, 4.69) is 0 Å². The number of rotatable bonds is 6. The molecular weight excluding hydrogens is 719 g/mol. The van der Waals surface area contributed by atoms with Gasteiger partial charge in [-0.1, -0.05) is 0 Å². The molecule has 3 aromatic carbocycles. The van der Waals surface area contributed by atoms with Crippen molar-refractivity contribution in [3.05, 3.63) is 58.7 Å². The maximum atomic E-state index is 14.6. The van der Waals surface area contributed by atoms with E-state index >= 15 is 0 Å². The fraction of sp³-hybridized carbons (Fsp3) is 0.472. The first-order chi connectivity index (χ1) is 24.1. The predicted octanol–water partition coefficient (Wildman–Crippen LogP) is 3.26. The van der Waals surface area contributed by atoms with Gasteiger partial charge in [-0.05, 0) is 6.42 Å². The number of ether oxygens (including phenoxy) is 9. The molecule has 1 aliphatic carbocycles. The molecule has 4 fully saturated rings. The fourth-order valence-electron chi connectivity index (χ4n) is 8.50. The molecule has 0 saturated carbocycles. The number of benzene rings is 3. The number of aryl methyl sites for hydroxylation is 1. The Morgan fingerprint density at radius 3 is 2.42 bits per heavy atom. The average molecular weight is 754 g/mol. The molecule has 0 amide bonds.